The molecular formula is C19H22N4O6S2. The van der Waals surface area contributed by atoms with Crippen LogP contribution in [0.1, 0.15) is 17.7 Å². The number of sulfonamides is 1. The van der Waals surface area contributed by atoms with Crippen LogP contribution in [0.15, 0.2) is 33.7 Å². The fraction of sp³-hybridized carbons (Fsp3) is 0.316. The molecule has 0 saturated carbocycles. The number of thiophene rings is 1. The third kappa shape index (κ3) is 5.21. The SMILES string of the molecule is CCc1nc(-c2cc(S(=O)(=O)NCC(=O)Nc3ccc(OC)cc3OC)c(C)s2)no1. The minimum atomic E-state index is -3.93. The Balaban J connectivity index is 1.69. The molecule has 3 rings (SSSR count). The average Bonchev–Trinajstić information content (AvgIpc) is 3.39. The first-order chi connectivity index (χ1) is 14.8. The standard InChI is InChI=1S/C19H22N4O6S2/c1-5-18-22-19(23-29-18)15-9-16(11(2)30-15)31(25,26)20-10-17(24)21-13-7-6-12(27-3)8-14(13)28-4/h6-9,20H,5,10H2,1-4H3,(H,21,24). The molecule has 31 heavy (non-hydrogen) atoms. The van der Waals surface area contributed by atoms with E-state index in [0.717, 1.165) is 0 Å². The number of rotatable bonds is 9. The zero-order chi connectivity index (χ0) is 22.6. The second-order valence-electron chi connectivity index (χ2n) is 6.34. The number of hydrogen-bond donors (Lipinski definition) is 2. The molecule has 12 heteroatoms. The molecule has 0 aliphatic heterocycles. The lowest BCUT2D eigenvalue weighted by molar-refractivity contribution is -0.115. The summed E-state index contributed by atoms with van der Waals surface area (Å²) in [5.41, 5.74) is 0.394. The summed E-state index contributed by atoms with van der Waals surface area (Å²) in [6.07, 6.45) is 0.582. The lowest BCUT2D eigenvalue weighted by atomic mass is 10.2. The summed E-state index contributed by atoms with van der Waals surface area (Å²) in [6, 6.07) is 6.34. The first-order valence-electron chi connectivity index (χ1n) is 9.22. The molecule has 0 saturated heterocycles. The number of carbonyl (C=O) groups is 1. The highest BCUT2D eigenvalue weighted by atomic mass is 32.2. The quantitative estimate of drug-likeness (QED) is 0.492. The summed E-state index contributed by atoms with van der Waals surface area (Å²) in [5, 5.41) is 6.48. The van der Waals surface area contributed by atoms with Gasteiger partial charge in [0.2, 0.25) is 27.6 Å². The van der Waals surface area contributed by atoms with Crippen molar-refractivity contribution in [1.82, 2.24) is 14.9 Å². The molecule has 0 aliphatic carbocycles. The Bertz CT molecular complexity index is 1190. The lowest BCUT2D eigenvalue weighted by Crippen LogP contribution is -2.33. The second kappa shape index (κ2) is 9.45. The van der Waals surface area contributed by atoms with Gasteiger partial charge in [-0.05, 0) is 25.1 Å². The van der Waals surface area contributed by atoms with Gasteiger partial charge in [0, 0.05) is 17.4 Å². The molecule has 166 valence electrons. The molecule has 3 aromatic rings. The summed E-state index contributed by atoms with van der Waals surface area (Å²) >= 11 is 1.23. The van der Waals surface area contributed by atoms with E-state index in [1.165, 1.54) is 31.6 Å². The summed E-state index contributed by atoms with van der Waals surface area (Å²) < 4.78 is 43.2. The van der Waals surface area contributed by atoms with Crippen LogP contribution in [-0.2, 0) is 21.2 Å². The highest BCUT2D eigenvalue weighted by Crippen LogP contribution is 2.32. The Morgan fingerprint density at radius 1 is 1.23 bits per heavy atom. The number of aryl methyl sites for hydroxylation is 2. The Kier molecular flexibility index (Phi) is 6.93. The summed E-state index contributed by atoms with van der Waals surface area (Å²) in [6.45, 7) is 3.10. The Labute approximate surface area is 183 Å². The van der Waals surface area contributed by atoms with E-state index in [2.05, 4.69) is 20.2 Å². The van der Waals surface area contributed by atoms with E-state index in [1.54, 1.807) is 25.1 Å². The highest BCUT2D eigenvalue weighted by molar-refractivity contribution is 7.89. The average molecular weight is 467 g/mol. The van der Waals surface area contributed by atoms with Gasteiger partial charge in [-0.15, -0.1) is 11.3 Å². The Morgan fingerprint density at radius 2 is 2.00 bits per heavy atom. The van der Waals surface area contributed by atoms with Crippen LogP contribution in [0.25, 0.3) is 10.7 Å². The molecule has 1 aromatic carbocycles. The molecule has 2 aromatic heterocycles. The van der Waals surface area contributed by atoms with Crippen LogP contribution >= 0.6 is 11.3 Å². The van der Waals surface area contributed by atoms with Crippen LogP contribution < -0.4 is 19.5 Å². The van der Waals surface area contributed by atoms with Gasteiger partial charge in [0.25, 0.3) is 0 Å². The van der Waals surface area contributed by atoms with E-state index in [1.807, 2.05) is 6.92 Å². The number of anilines is 1. The predicted octanol–water partition coefficient (Wildman–Crippen LogP) is 2.60. The number of nitrogens with zero attached hydrogens (tertiary/aromatic N) is 2. The van der Waals surface area contributed by atoms with Gasteiger partial charge in [-0.2, -0.15) is 4.98 Å². The molecule has 0 radical (unpaired) electrons. The number of nitrogens with one attached hydrogen (secondary N) is 2. The fourth-order valence-electron chi connectivity index (χ4n) is 2.68. The van der Waals surface area contributed by atoms with Gasteiger partial charge in [-0.3, -0.25) is 4.79 Å². The van der Waals surface area contributed by atoms with Gasteiger partial charge in [-0.25, -0.2) is 13.1 Å². The molecule has 0 aliphatic rings. The van der Waals surface area contributed by atoms with Gasteiger partial charge >= 0.3 is 0 Å². The van der Waals surface area contributed by atoms with E-state index >= 15 is 0 Å². The van der Waals surface area contributed by atoms with E-state index in [4.69, 9.17) is 14.0 Å². The van der Waals surface area contributed by atoms with E-state index in [-0.39, 0.29) is 4.90 Å². The molecule has 1 amide bonds. The fourth-order valence-corrected chi connectivity index (χ4v) is 5.17. The van der Waals surface area contributed by atoms with Crippen molar-refractivity contribution in [2.24, 2.45) is 0 Å². The van der Waals surface area contributed by atoms with Crippen LogP contribution in [0.4, 0.5) is 5.69 Å². The highest BCUT2D eigenvalue weighted by Gasteiger charge is 2.23. The maximum atomic E-state index is 12.7. The number of methoxy groups -OCH3 is 2. The van der Waals surface area contributed by atoms with Gasteiger partial charge < -0.3 is 19.3 Å². The van der Waals surface area contributed by atoms with Crippen LogP contribution in [0.5, 0.6) is 11.5 Å². The Morgan fingerprint density at radius 3 is 2.65 bits per heavy atom. The van der Waals surface area contributed by atoms with Gasteiger partial charge in [-0.1, -0.05) is 12.1 Å². The first-order valence-corrected chi connectivity index (χ1v) is 11.5. The van der Waals surface area contributed by atoms with Crippen molar-refractivity contribution in [3.63, 3.8) is 0 Å². The zero-order valence-electron chi connectivity index (χ0n) is 17.4. The monoisotopic (exact) mass is 466 g/mol. The molecule has 0 fully saturated rings. The number of carbonyl (C=O) groups excluding carboxylic acids is 1. The minimum absolute atomic E-state index is 0.0603. The zero-order valence-corrected chi connectivity index (χ0v) is 19.0. The summed E-state index contributed by atoms with van der Waals surface area (Å²) in [7, 11) is -0.958. The third-order valence-electron chi connectivity index (χ3n) is 4.26. The predicted molar refractivity (Wildman–Crippen MR) is 115 cm³/mol. The van der Waals surface area contributed by atoms with Crippen molar-refractivity contribution in [2.45, 2.75) is 25.2 Å². The molecular weight excluding hydrogens is 444 g/mol. The Hall–Kier alpha value is -2.96. The molecule has 0 unspecified atom stereocenters. The second-order valence-corrected chi connectivity index (χ2v) is 9.33. The molecule has 10 nitrogen and oxygen atoms in total. The van der Waals surface area contributed by atoms with Crippen molar-refractivity contribution in [3.05, 3.63) is 35.0 Å². The normalized spacial score (nSPS) is 11.4. The third-order valence-corrected chi connectivity index (χ3v) is 6.96. The summed E-state index contributed by atoms with van der Waals surface area (Å²) in [4.78, 5) is 17.7. The molecule has 2 heterocycles. The van der Waals surface area contributed by atoms with Crippen molar-refractivity contribution in [1.29, 1.82) is 0 Å². The number of aromatic nitrogens is 2. The minimum Gasteiger partial charge on any atom is -0.497 e. The maximum absolute atomic E-state index is 12.7. The van der Waals surface area contributed by atoms with E-state index in [0.29, 0.717) is 45.1 Å². The summed E-state index contributed by atoms with van der Waals surface area (Å²) in [5.74, 6) is 1.20. The number of ether oxygens (including phenoxy) is 2. The van der Waals surface area contributed by atoms with Crippen molar-refractivity contribution < 1.29 is 27.2 Å². The van der Waals surface area contributed by atoms with Crippen molar-refractivity contribution in [2.75, 3.05) is 26.1 Å². The topological polar surface area (TPSA) is 133 Å². The van der Waals surface area contributed by atoms with Gasteiger partial charge in [0.15, 0.2) is 0 Å². The molecule has 2 N–H and O–H groups in total. The van der Waals surface area contributed by atoms with E-state index < -0.39 is 22.5 Å². The number of amides is 1. The van der Waals surface area contributed by atoms with Crippen LogP contribution in [0.2, 0.25) is 0 Å². The first kappa shape index (κ1) is 22.7. The van der Waals surface area contributed by atoms with Crippen LogP contribution in [0, 0.1) is 6.92 Å². The van der Waals surface area contributed by atoms with Gasteiger partial charge in [0.05, 0.1) is 36.2 Å². The van der Waals surface area contributed by atoms with Crippen LogP contribution in [0.3, 0.4) is 0 Å². The molecule has 0 bridgehead atoms. The number of hydrogen-bond acceptors (Lipinski definition) is 9. The van der Waals surface area contributed by atoms with Crippen LogP contribution in [-0.4, -0.2) is 45.2 Å². The smallest absolute Gasteiger partial charge is 0.242 e. The van der Waals surface area contributed by atoms with Gasteiger partial charge in [0.1, 0.15) is 11.5 Å². The van der Waals surface area contributed by atoms with Crippen molar-refractivity contribution >= 4 is 33.0 Å². The van der Waals surface area contributed by atoms with E-state index in [9.17, 15) is 13.2 Å². The number of benzene rings is 1. The maximum Gasteiger partial charge on any atom is 0.242 e. The molecule has 0 atom stereocenters. The van der Waals surface area contributed by atoms with Crippen molar-refractivity contribution in [3.8, 4) is 22.2 Å². The molecule has 0 spiro atoms. The largest absolute Gasteiger partial charge is 0.497 e. The lowest BCUT2D eigenvalue weighted by Gasteiger charge is -2.12.